The number of halogens is 5. The molecule has 1 N–H and O–H groups in total. The van der Waals surface area contributed by atoms with Crippen LogP contribution in [0.15, 0.2) is 0 Å². The maximum Gasteiger partial charge on any atom is 0.395 e. The van der Waals surface area contributed by atoms with Crippen LogP contribution < -0.4 is 5.32 Å². The number of hydrogen-bond acceptors (Lipinski definition) is 2. The first-order valence-electron chi connectivity index (χ1n) is 8.85. The molecule has 0 unspecified atom stereocenters. The predicted molar refractivity (Wildman–Crippen MR) is 83.1 cm³/mol. The highest BCUT2D eigenvalue weighted by Gasteiger charge is 2.63. The number of anilines is 1. The molecule has 1 amide bonds. The van der Waals surface area contributed by atoms with Gasteiger partial charge in [-0.2, -0.15) is 18.3 Å². The second kappa shape index (κ2) is 5.42. The van der Waals surface area contributed by atoms with Gasteiger partial charge in [-0.3, -0.25) is 4.79 Å². The van der Waals surface area contributed by atoms with Crippen molar-refractivity contribution < 1.29 is 26.7 Å². The molecule has 4 nitrogen and oxygen atoms in total. The van der Waals surface area contributed by atoms with Gasteiger partial charge in [-0.1, -0.05) is 0 Å². The number of nitrogens with zero attached hydrogens (tertiary/aromatic N) is 2. The molecular formula is C17H20F5N3O. The number of carbonyl (C=O) groups is 1. The predicted octanol–water partition coefficient (Wildman–Crippen LogP) is 4.71. The zero-order valence-electron chi connectivity index (χ0n) is 14.3. The van der Waals surface area contributed by atoms with Gasteiger partial charge in [-0.15, -0.1) is 0 Å². The van der Waals surface area contributed by atoms with Crippen LogP contribution in [0.3, 0.4) is 0 Å². The van der Waals surface area contributed by atoms with Crippen molar-refractivity contribution in [2.45, 2.75) is 75.9 Å². The Hall–Kier alpha value is -1.67. The standard InChI is InChI=1S/C17H20F5N3O/c1-9-13(10-6-16(18,19)7-10)24-25(11-2-3-11)14(9)23-12(26)8-15(4-5-15)17(20,21)22/h10-11H,2-8H2,1H3,(H,23,26). The highest BCUT2D eigenvalue weighted by atomic mass is 19.4. The van der Waals surface area contributed by atoms with Gasteiger partial charge in [0.25, 0.3) is 0 Å². The Morgan fingerprint density at radius 3 is 2.35 bits per heavy atom. The van der Waals surface area contributed by atoms with Crippen LogP contribution in [0.1, 0.15) is 68.2 Å². The van der Waals surface area contributed by atoms with E-state index in [0.717, 1.165) is 12.8 Å². The molecule has 3 aliphatic carbocycles. The second-order valence-corrected chi connectivity index (χ2v) is 8.00. The first-order chi connectivity index (χ1) is 12.0. The van der Waals surface area contributed by atoms with Gasteiger partial charge >= 0.3 is 6.18 Å². The van der Waals surface area contributed by atoms with Crippen molar-refractivity contribution in [3.8, 4) is 0 Å². The summed E-state index contributed by atoms with van der Waals surface area (Å²) in [5.41, 5.74) is -0.799. The van der Waals surface area contributed by atoms with E-state index in [1.807, 2.05) is 0 Å². The first kappa shape index (κ1) is 17.7. The lowest BCUT2D eigenvalue weighted by Crippen LogP contribution is -2.34. The summed E-state index contributed by atoms with van der Waals surface area (Å²) in [6.07, 6.45) is -3.91. The lowest BCUT2D eigenvalue weighted by Gasteiger charge is -2.34. The molecule has 4 rings (SSSR count). The molecule has 0 spiro atoms. The lowest BCUT2D eigenvalue weighted by molar-refractivity contribution is -0.189. The van der Waals surface area contributed by atoms with Gasteiger partial charge in [0, 0.05) is 30.7 Å². The molecule has 0 radical (unpaired) electrons. The van der Waals surface area contributed by atoms with Crippen LogP contribution in [0.2, 0.25) is 0 Å². The van der Waals surface area contributed by atoms with E-state index in [2.05, 4.69) is 10.4 Å². The largest absolute Gasteiger partial charge is 0.395 e. The fraction of sp³-hybridized carbons (Fsp3) is 0.765. The number of nitrogens with one attached hydrogen (secondary N) is 1. The van der Waals surface area contributed by atoms with Gasteiger partial charge in [0.1, 0.15) is 5.82 Å². The van der Waals surface area contributed by atoms with Crippen molar-refractivity contribution in [1.29, 1.82) is 0 Å². The molecular weight excluding hydrogens is 357 g/mol. The third-order valence-corrected chi connectivity index (χ3v) is 5.77. The van der Waals surface area contributed by atoms with Crippen molar-refractivity contribution >= 4 is 11.7 Å². The average Bonchev–Trinajstić information content (AvgIpc) is 3.37. The first-order valence-corrected chi connectivity index (χ1v) is 8.85. The summed E-state index contributed by atoms with van der Waals surface area (Å²) in [6.45, 7) is 1.68. The molecule has 3 saturated carbocycles. The Kier molecular flexibility index (Phi) is 3.70. The molecule has 3 fully saturated rings. The smallest absolute Gasteiger partial charge is 0.311 e. The van der Waals surface area contributed by atoms with Crippen molar-refractivity contribution in [3.05, 3.63) is 11.3 Å². The maximum atomic E-state index is 13.2. The topological polar surface area (TPSA) is 46.9 Å². The minimum Gasteiger partial charge on any atom is -0.311 e. The Balaban J connectivity index is 1.53. The van der Waals surface area contributed by atoms with E-state index in [1.54, 1.807) is 11.6 Å². The highest BCUT2D eigenvalue weighted by molar-refractivity contribution is 5.91. The molecule has 0 atom stereocenters. The summed E-state index contributed by atoms with van der Waals surface area (Å²) < 4.78 is 67.2. The summed E-state index contributed by atoms with van der Waals surface area (Å²) in [5.74, 6) is -3.39. The summed E-state index contributed by atoms with van der Waals surface area (Å²) in [7, 11) is 0. The van der Waals surface area contributed by atoms with Crippen molar-refractivity contribution in [2.24, 2.45) is 5.41 Å². The molecule has 1 aromatic heterocycles. The van der Waals surface area contributed by atoms with Gasteiger partial charge in [0.15, 0.2) is 0 Å². The number of rotatable bonds is 5. The molecule has 0 bridgehead atoms. The van der Waals surface area contributed by atoms with E-state index < -0.39 is 29.8 Å². The SMILES string of the molecule is Cc1c(C2CC(F)(F)C2)nn(C2CC2)c1NC(=O)CC1(C(F)(F)F)CC1. The lowest BCUT2D eigenvalue weighted by atomic mass is 9.78. The van der Waals surface area contributed by atoms with Crippen molar-refractivity contribution in [3.63, 3.8) is 0 Å². The Labute approximate surface area is 147 Å². The van der Waals surface area contributed by atoms with Crippen LogP contribution in [0.5, 0.6) is 0 Å². The normalized spacial score (nSPS) is 24.2. The molecule has 0 aliphatic heterocycles. The number of alkyl halides is 5. The number of hydrogen-bond donors (Lipinski definition) is 1. The fourth-order valence-corrected chi connectivity index (χ4v) is 3.71. The molecule has 1 aromatic rings. The summed E-state index contributed by atoms with van der Waals surface area (Å²) in [4.78, 5) is 12.3. The summed E-state index contributed by atoms with van der Waals surface area (Å²) in [6, 6.07) is 0.0795. The Morgan fingerprint density at radius 1 is 1.27 bits per heavy atom. The maximum absolute atomic E-state index is 13.2. The van der Waals surface area contributed by atoms with Crippen molar-refractivity contribution in [1.82, 2.24) is 9.78 Å². The van der Waals surface area contributed by atoms with E-state index in [4.69, 9.17) is 0 Å². The number of amides is 1. The van der Waals surface area contributed by atoms with Crippen molar-refractivity contribution in [2.75, 3.05) is 5.32 Å². The van der Waals surface area contributed by atoms with Gasteiger partial charge < -0.3 is 5.32 Å². The molecule has 3 aliphatic rings. The quantitative estimate of drug-likeness (QED) is 0.756. The molecule has 9 heteroatoms. The van der Waals surface area contributed by atoms with Gasteiger partial charge in [0.05, 0.1) is 17.2 Å². The van der Waals surface area contributed by atoms with Crippen LogP contribution in [-0.2, 0) is 4.79 Å². The molecule has 26 heavy (non-hydrogen) atoms. The van der Waals surface area contributed by atoms with Gasteiger partial charge in [-0.25, -0.2) is 13.5 Å². The van der Waals surface area contributed by atoms with Crippen LogP contribution in [0.25, 0.3) is 0 Å². The van der Waals surface area contributed by atoms with Crippen LogP contribution in [0.4, 0.5) is 27.8 Å². The van der Waals surface area contributed by atoms with E-state index in [-0.39, 0.29) is 37.6 Å². The fourth-order valence-electron chi connectivity index (χ4n) is 3.71. The number of aromatic nitrogens is 2. The van der Waals surface area contributed by atoms with Gasteiger partial charge in [0.2, 0.25) is 11.8 Å². The zero-order valence-corrected chi connectivity index (χ0v) is 14.3. The van der Waals surface area contributed by atoms with E-state index in [9.17, 15) is 26.7 Å². The highest BCUT2D eigenvalue weighted by Crippen LogP contribution is 2.60. The van der Waals surface area contributed by atoms with Crippen LogP contribution >= 0.6 is 0 Å². The minimum absolute atomic E-state index is 0.0345. The Bertz CT molecular complexity index is 738. The minimum atomic E-state index is -4.39. The third kappa shape index (κ3) is 2.99. The average molecular weight is 377 g/mol. The molecule has 1 heterocycles. The summed E-state index contributed by atoms with van der Waals surface area (Å²) >= 11 is 0. The van der Waals surface area contributed by atoms with E-state index in [0.29, 0.717) is 17.1 Å². The third-order valence-electron chi connectivity index (χ3n) is 5.77. The van der Waals surface area contributed by atoms with E-state index in [1.165, 1.54) is 0 Å². The monoisotopic (exact) mass is 377 g/mol. The molecule has 0 aromatic carbocycles. The molecule has 144 valence electrons. The molecule has 0 saturated heterocycles. The number of carbonyl (C=O) groups excluding carboxylic acids is 1. The van der Waals surface area contributed by atoms with Crippen LogP contribution in [-0.4, -0.2) is 27.8 Å². The van der Waals surface area contributed by atoms with Crippen LogP contribution in [0, 0.1) is 12.3 Å². The Morgan fingerprint density at radius 2 is 1.88 bits per heavy atom. The summed E-state index contributed by atoms with van der Waals surface area (Å²) in [5, 5.41) is 7.01. The van der Waals surface area contributed by atoms with Gasteiger partial charge in [-0.05, 0) is 32.6 Å². The second-order valence-electron chi connectivity index (χ2n) is 8.00. The zero-order chi connectivity index (χ0) is 18.9. The van der Waals surface area contributed by atoms with E-state index >= 15 is 0 Å².